The van der Waals surface area contributed by atoms with E-state index in [-0.39, 0.29) is 6.04 Å². The number of nitrogens with zero attached hydrogens (tertiary/aromatic N) is 1. The molecule has 3 nitrogen and oxygen atoms in total. The fourth-order valence-electron chi connectivity index (χ4n) is 1.83. The van der Waals surface area contributed by atoms with Gasteiger partial charge in [-0.3, -0.25) is 0 Å². The molecule has 0 amide bonds. The second-order valence-electron chi connectivity index (χ2n) is 4.49. The van der Waals surface area contributed by atoms with Crippen LogP contribution in [0.3, 0.4) is 0 Å². The maximum Gasteiger partial charge on any atom is 0.243 e. The minimum absolute atomic E-state index is 0.171. The highest BCUT2D eigenvalue weighted by atomic mass is 79.9. The molecule has 2 rings (SSSR count). The van der Waals surface area contributed by atoms with Gasteiger partial charge in [-0.05, 0) is 36.1 Å². The first-order valence-corrected chi connectivity index (χ1v) is 9.57. The van der Waals surface area contributed by atoms with Crippen molar-refractivity contribution in [3.63, 3.8) is 0 Å². The lowest BCUT2D eigenvalue weighted by molar-refractivity contribution is 0.403. The molecule has 0 aliphatic rings. The van der Waals surface area contributed by atoms with Crippen LogP contribution >= 0.6 is 27.3 Å². The summed E-state index contributed by atoms with van der Waals surface area (Å²) in [6.07, 6.45) is 0. The highest BCUT2D eigenvalue weighted by Crippen LogP contribution is 2.28. The van der Waals surface area contributed by atoms with Gasteiger partial charge in [-0.1, -0.05) is 34.1 Å². The van der Waals surface area contributed by atoms with Gasteiger partial charge in [-0.2, -0.15) is 4.31 Å². The Labute approximate surface area is 132 Å². The van der Waals surface area contributed by atoms with E-state index in [1.807, 2.05) is 36.6 Å². The zero-order chi connectivity index (χ0) is 14.8. The summed E-state index contributed by atoms with van der Waals surface area (Å²) < 4.78 is 26.6. The Morgan fingerprint density at radius 3 is 2.40 bits per heavy atom. The highest BCUT2D eigenvalue weighted by Gasteiger charge is 2.26. The number of benzene rings is 1. The molecule has 1 heterocycles. The smallest absolute Gasteiger partial charge is 0.207 e. The van der Waals surface area contributed by atoms with E-state index in [2.05, 4.69) is 15.9 Å². The van der Waals surface area contributed by atoms with Crippen LogP contribution in [0.15, 0.2) is 46.7 Å². The molecule has 0 saturated carbocycles. The van der Waals surface area contributed by atoms with E-state index in [1.165, 1.54) is 4.31 Å². The van der Waals surface area contributed by atoms with E-state index >= 15 is 0 Å². The predicted molar refractivity (Wildman–Crippen MR) is 86.8 cm³/mol. The van der Waals surface area contributed by atoms with Gasteiger partial charge in [0.1, 0.15) is 0 Å². The van der Waals surface area contributed by atoms with Crippen LogP contribution in [0.1, 0.15) is 23.4 Å². The fourth-order valence-corrected chi connectivity index (χ4v) is 4.44. The Hall–Kier alpha value is -0.690. The summed E-state index contributed by atoms with van der Waals surface area (Å²) in [5, 5.41) is 2.67. The van der Waals surface area contributed by atoms with E-state index in [4.69, 9.17) is 0 Å². The van der Waals surface area contributed by atoms with Crippen LogP contribution in [0.5, 0.6) is 0 Å². The zero-order valence-electron chi connectivity index (χ0n) is 11.3. The molecule has 1 aromatic carbocycles. The van der Waals surface area contributed by atoms with Crippen LogP contribution < -0.4 is 0 Å². The van der Waals surface area contributed by atoms with Crippen molar-refractivity contribution in [2.45, 2.75) is 23.2 Å². The third-order valence-corrected chi connectivity index (χ3v) is 6.89. The molecule has 0 bridgehead atoms. The summed E-state index contributed by atoms with van der Waals surface area (Å²) in [6, 6.07) is 10.7. The standard InChI is InChI=1S/C14H16BrNO2S2/c1-11(14-4-3-9-19-14)16(2)20(17,18)13-7-5-12(10-15)6-8-13/h3-9,11H,10H2,1-2H3. The number of rotatable bonds is 5. The SMILES string of the molecule is CC(c1cccs1)N(C)S(=O)(=O)c1ccc(CBr)cc1. The quantitative estimate of drug-likeness (QED) is 0.742. The summed E-state index contributed by atoms with van der Waals surface area (Å²) in [5.41, 5.74) is 1.05. The molecule has 0 radical (unpaired) electrons. The van der Waals surface area contributed by atoms with Gasteiger partial charge in [-0.15, -0.1) is 11.3 Å². The summed E-state index contributed by atoms with van der Waals surface area (Å²) >= 11 is 4.92. The summed E-state index contributed by atoms with van der Waals surface area (Å²) in [4.78, 5) is 1.36. The number of sulfonamides is 1. The molecular weight excluding hydrogens is 358 g/mol. The summed E-state index contributed by atoms with van der Waals surface area (Å²) in [6.45, 7) is 1.90. The first-order valence-electron chi connectivity index (χ1n) is 6.13. The minimum atomic E-state index is -3.46. The molecule has 2 aromatic rings. The Balaban J connectivity index is 2.29. The Morgan fingerprint density at radius 1 is 1.25 bits per heavy atom. The first-order chi connectivity index (χ1) is 9.46. The highest BCUT2D eigenvalue weighted by molar-refractivity contribution is 9.08. The van der Waals surface area contributed by atoms with Gasteiger partial charge < -0.3 is 0 Å². The monoisotopic (exact) mass is 373 g/mol. The van der Waals surface area contributed by atoms with E-state index in [1.54, 1.807) is 30.5 Å². The van der Waals surface area contributed by atoms with Crippen molar-refractivity contribution in [2.24, 2.45) is 0 Å². The molecule has 6 heteroatoms. The first kappa shape index (κ1) is 15.7. The number of thiophene rings is 1. The van der Waals surface area contributed by atoms with E-state index < -0.39 is 10.0 Å². The minimum Gasteiger partial charge on any atom is -0.207 e. The van der Waals surface area contributed by atoms with Gasteiger partial charge in [-0.25, -0.2) is 8.42 Å². The van der Waals surface area contributed by atoms with Gasteiger partial charge in [0.15, 0.2) is 0 Å². The van der Waals surface area contributed by atoms with Crippen LogP contribution in [0.2, 0.25) is 0 Å². The molecule has 108 valence electrons. The van der Waals surface area contributed by atoms with Gasteiger partial charge in [0.05, 0.1) is 10.9 Å². The molecule has 1 aromatic heterocycles. The van der Waals surface area contributed by atoms with Crippen LogP contribution in [0.4, 0.5) is 0 Å². The van der Waals surface area contributed by atoms with E-state index in [9.17, 15) is 8.42 Å². The van der Waals surface area contributed by atoms with Crippen LogP contribution in [-0.2, 0) is 15.4 Å². The molecule has 1 unspecified atom stereocenters. The van der Waals surface area contributed by atoms with Crippen molar-refractivity contribution in [1.29, 1.82) is 0 Å². The fraction of sp³-hybridized carbons (Fsp3) is 0.286. The molecule has 0 fully saturated rings. The average molecular weight is 374 g/mol. The van der Waals surface area contributed by atoms with E-state index in [0.717, 1.165) is 15.8 Å². The maximum atomic E-state index is 12.6. The van der Waals surface area contributed by atoms with Gasteiger partial charge >= 0.3 is 0 Å². The molecule has 1 atom stereocenters. The van der Waals surface area contributed by atoms with Crippen LogP contribution in [0.25, 0.3) is 0 Å². The second kappa shape index (κ2) is 6.39. The van der Waals surface area contributed by atoms with Crippen molar-refractivity contribution in [1.82, 2.24) is 4.31 Å². The van der Waals surface area contributed by atoms with E-state index in [0.29, 0.717) is 4.90 Å². The number of hydrogen-bond acceptors (Lipinski definition) is 3. The Bertz CT molecular complexity index is 651. The lowest BCUT2D eigenvalue weighted by Gasteiger charge is -2.23. The summed E-state index contributed by atoms with van der Waals surface area (Å²) in [5.74, 6) is 0. The van der Waals surface area contributed by atoms with Crippen molar-refractivity contribution in [2.75, 3.05) is 7.05 Å². The number of hydrogen-bond donors (Lipinski definition) is 0. The summed E-state index contributed by atoms with van der Waals surface area (Å²) in [7, 11) is -1.84. The predicted octanol–water partition coefficient (Wildman–Crippen LogP) is 4.02. The lowest BCUT2D eigenvalue weighted by Crippen LogP contribution is -2.29. The Kier molecular flexibility index (Phi) is 5.01. The maximum absolute atomic E-state index is 12.6. The topological polar surface area (TPSA) is 37.4 Å². The van der Waals surface area contributed by atoms with Crippen molar-refractivity contribution in [3.8, 4) is 0 Å². The largest absolute Gasteiger partial charge is 0.243 e. The molecule has 0 N–H and O–H groups in total. The molecule has 0 aliphatic carbocycles. The molecule has 0 aliphatic heterocycles. The lowest BCUT2D eigenvalue weighted by atomic mass is 10.2. The normalized spacial score (nSPS) is 13.6. The van der Waals surface area contributed by atoms with Crippen LogP contribution in [0, 0.1) is 0 Å². The molecule has 0 saturated heterocycles. The molecule has 0 spiro atoms. The van der Waals surface area contributed by atoms with Gasteiger partial charge in [0.2, 0.25) is 10.0 Å². The van der Waals surface area contributed by atoms with Crippen molar-refractivity contribution < 1.29 is 8.42 Å². The number of alkyl halides is 1. The van der Waals surface area contributed by atoms with Crippen LogP contribution in [-0.4, -0.2) is 19.8 Å². The third kappa shape index (κ3) is 3.14. The van der Waals surface area contributed by atoms with Gasteiger partial charge in [0.25, 0.3) is 0 Å². The van der Waals surface area contributed by atoms with Gasteiger partial charge in [0, 0.05) is 17.3 Å². The second-order valence-corrected chi connectivity index (χ2v) is 8.03. The molecule has 20 heavy (non-hydrogen) atoms. The zero-order valence-corrected chi connectivity index (χ0v) is 14.5. The Morgan fingerprint density at radius 2 is 1.90 bits per heavy atom. The third-order valence-electron chi connectivity index (χ3n) is 3.25. The van der Waals surface area contributed by atoms with Crippen molar-refractivity contribution >= 4 is 37.3 Å². The van der Waals surface area contributed by atoms with Crippen molar-refractivity contribution in [3.05, 3.63) is 52.2 Å². The average Bonchev–Trinajstić information content (AvgIpc) is 3.00. The number of halogens is 1. The molecular formula is C14H16BrNO2S2.